The molecule has 0 amide bonds. The Balaban J connectivity index is 2.82. The maximum absolute atomic E-state index is 3.83. The van der Waals surface area contributed by atoms with Crippen LogP contribution in [0.25, 0.3) is 0 Å². The Hall–Kier alpha value is -0.0600. The van der Waals surface area contributed by atoms with Crippen LogP contribution >= 0.6 is 21.0 Å². The SMILES string of the molecule is CC1=CI=NN=C1. The maximum Gasteiger partial charge on any atom is 0.0534 e. The Morgan fingerprint density at radius 1 is 1.71 bits per heavy atom. The first-order valence-electron chi connectivity index (χ1n) is 1.92. The van der Waals surface area contributed by atoms with Crippen molar-refractivity contribution in [3.63, 3.8) is 0 Å². The largest absolute Gasteiger partial charge is 0.154 e. The lowest BCUT2D eigenvalue weighted by molar-refractivity contribution is 1.31. The number of rotatable bonds is 0. The molecule has 0 fully saturated rings. The number of nitrogens with zero attached hydrogens (tertiary/aromatic N) is 2. The smallest absolute Gasteiger partial charge is 0.0534 e. The Labute approximate surface area is 52.5 Å². The van der Waals surface area contributed by atoms with E-state index in [4.69, 9.17) is 0 Å². The number of allylic oxidation sites excluding steroid dienone is 1. The number of hydrogen-bond acceptors (Lipinski definition) is 2. The summed E-state index contributed by atoms with van der Waals surface area (Å²) >= 11 is -0.0605. The molecule has 0 radical (unpaired) electrons. The Bertz CT molecular complexity index is 146. The summed E-state index contributed by atoms with van der Waals surface area (Å²) in [7, 11) is 0. The van der Waals surface area contributed by atoms with Crippen molar-refractivity contribution >= 4 is 27.2 Å². The molecule has 0 bridgehead atoms. The van der Waals surface area contributed by atoms with E-state index in [0.717, 1.165) is 0 Å². The Morgan fingerprint density at radius 3 is 2.86 bits per heavy atom. The lowest BCUT2D eigenvalue weighted by Gasteiger charge is -1.86. The van der Waals surface area contributed by atoms with Crippen LogP contribution in [-0.2, 0) is 0 Å². The predicted molar refractivity (Wildman–Crippen MR) is 38.7 cm³/mol. The van der Waals surface area contributed by atoms with Crippen molar-refractivity contribution in [2.24, 2.45) is 8.36 Å². The monoisotopic (exact) mass is 208 g/mol. The molecule has 0 saturated carbocycles. The van der Waals surface area contributed by atoms with Crippen molar-refractivity contribution in [1.82, 2.24) is 0 Å². The van der Waals surface area contributed by atoms with Crippen molar-refractivity contribution in [2.45, 2.75) is 6.92 Å². The molecule has 0 N–H and O–H groups in total. The van der Waals surface area contributed by atoms with Crippen molar-refractivity contribution in [3.8, 4) is 0 Å². The normalized spacial score (nSPS) is 18.1. The first-order chi connectivity index (χ1) is 3.39. The molecular weight excluding hydrogens is 203 g/mol. The second-order valence-electron chi connectivity index (χ2n) is 1.27. The van der Waals surface area contributed by atoms with E-state index in [0.29, 0.717) is 0 Å². The first kappa shape index (κ1) is 5.08. The van der Waals surface area contributed by atoms with Crippen LogP contribution in [0.5, 0.6) is 0 Å². The Kier molecular flexibility index (Phi) is 1.67. The van der Waals surface area contributed by atoms with E-state index in [1.54, 1.807) is 6.21 Å². The van der Waals surface area contributed by atoms with Gasteiger partial charge in [0.25, 0.3) is 0 Å². The van der Waals surface area contributed by atoms with Crippen LogP contribution in [0, 0.1) is 0 Å². The van der Waals surface area contributed by atoms with E-state index in [2.05, 4.69) is 12.4 Å². The number of halogens is 1. The topological polar surface area (TPSA) is 24.7 Å². The fourth-order valence-electron chi connectivity index (χ4n) is 0.265. The van der Waals surface area contributed by atoms with Crippen LogP contribution in [0.1, 0.15) is 6.92 Å². The summed E-state index contributed by atoms with van der Waals surface area (Å²) in [6, 6.07) is 0. The minimum Gasteiger partial charge on any atom is -0.154 e. The molecule has 0 unspecified atom stereocenters. The third-order valence-corrected chi connectivity index (χ3v) is 2.33. The van der Waals surface area contributed by atoms with Gasteiger partial charge in [-0.15, -0.1) is 3.25 Å². The third kappa shape index (κ3) is 1.46. The molecule has 1 heterocycles. The standard InChI is InChI=1S/C4H5IN2/c1-4-2-5-7-6-3-4/h2-3H,1H3. The van der Waals surface area contributed by atoms with E-state index >= 15 is 0 Å². The molecule has 0 aromatic rings. The minimum atomic E-state index is -0.0605. The van der Waals surface area contributed by atoms with Gasteiger partial charge in [-0.1, -0.05) is 0 Å². The van der Waals surface area contributed by atoms with Crippen molar-refractivity contribution in [1.29, 1.82) is 0 Å². The van der Waals surface area contributed by atoms with E-state index in [-0.39, 0.29) is 21.0 Å². The zero-order valence-electron chi connectivity index (χ0n) is 3.93. The van der Waals surface area contributed by atoms with Gasteiger partial charge >= 0.3 is 0 Å². The lowest BCUT2D eigenvalue weighted by atomic mass is 10.4. The summed E-state index contributed by atoms with van der Waals surface area (Å²) in [6.07, 6.45) is 1.78. The van der Waals surface area contributed by atoms with Crippen LogP contribution in [-0.4, -0.2) is 6.21 Å². The first-order valence-corrected chi connectivity index (χ1v) is 4.13. The van der Waals surface area contributed by atoms with Crippen molar-refractivity contribution in [3.05, 3.63) is 9.66 Å². The maximum atomic E-state index is 3.83. The average molecular weight is 208 g/mol. The highest BCUT2D eigenvalue weighted by Gasteiger charge is 1.82. The van der Waals surface area contributed by atoms with E-state index in [1.165, 1.54) is 5.57 Å². The average Bonchev–Trinajstić information content (AvgIpc) is 1.69. The molecule has 1 aliphatic heterocycles. The molecule has 0 aromatic heterocycles. The predicted octanol–water partition coefficient (Wildman–Crippen LogP) is 2.04. The zero-order chi connectivity index (χ0) is 5.11. The van der Waals surface area contributed by atoms with Crippen LogP contribution < -0.4 is 0 Å². The molecule has 2 nitrogen and oxygen atoms in total. The molecule has 0 atom stereocenters. The Morgan fingerprint density at radius 2 is 2.57 bits per heavy atom. The fourth-order valence-corrected chi connectivity index (χ4v) is 1.26. The van der Waals surface area contributed by atoms with E-state index in [1.807, 2.05) is 6.92 Å². The third-order valence-electron chi connectivity index (χ3n) is 0.570. The molecule has 3 heteroatoms. The molecule has 0 saturated heterocycles. The summed E-state index contributed by atoms with van der Waals surface area (Å²) in [5.41, 5.74) is 1.25. The molecule has 1 rings (SSSR count). The molecule has 7 heavy (non-hydrogen) atoms. The summed E-state index contributed by atoms with van der Waals surface area (Å²) in [4.78, 5) is 0. The summed E-state index contributed by atoms with van der Waals surface area (Å²) in [5, 5.41) is 3.74. The van der Waals surface area contributed by atoms with Gasteiger partial charge in [0.15, 0.2) is 0 Å². The molecule has 0 spiro atoms. The van der Waals surface area contributed by atoms with Gasteiger partial charge in [-0.3, -0.25) is 0 Å². The molecule has 0 aromatic carbocycles. The van der Waals surface area contributed by atoms with E-state index in [9.17, 15) is 0 Å². The number of hydrogen-bond donors (Lipinski definition) is 0. The van der Waals surface area contributed by atoms with Crippen LogP contribution in [0.15, 0.2) is 18.0 Å². The fraction of sp³-hybridized carbons (Fsp3) is 0.250. The highest BCUT2D eigenvalue weighted by molar-refractivity contribution is 14.2. The van der Waals surface area contributed by atoms with Gasteiger partial charge in [0.2, 0.25) is 0 Å². The highest BCUT2D eigenvalue weighted by Crippen LogP contribution is 2.10. The summed E-state index contributed by atoms with van der Waals surface area (Å²) in [6.45, 7) is 2.04. The van der Waals surface area contributed by atoms with Crippen molar-refractivity contribution in [2.75, 3.05) is 0 Å². The van der Waals surface area contributed by atoms with Crippen LogP contribution in [0.4, 0.5) is 0 Å². The minimum absolute atomic E-state index is 0.0605. The molecule has 0 aliphatic carbocycles. The van der Waals surface area contributed by atoms with Gasteiger partial charge in [0, 0.05) is 21.0 Å². The zero-order valence-corrected chi connectivity index (χ0v) is 6.08. The van der Waals surface area contributed by atoms with Gasteiger partial charge in [0.05, 0.1) is 6.21 Å². The summed E-state index contributed by atoms with van der Waals surface area (Å²) in [5.74, 6) is 0. The molecule has 38 valence electrons. The van der Waals surface area contributed by atoms with Crippen LogP contribution in [0.3, 0.4) is 0 Å². The lowest BCUT2D eigenvalue weighted by Crippen LogP contribution is -1.73. The van der Waals surface area contributed by atoms with Crippen molar-refractivity contribution < 1.29 is 0 Å². The van der Waals surface area contributed by atoms with Gasteiger partial charge in [-0.25, -0.2) is 0 Å². The molecular formula is C4H5IN2. The second kappa shape index (κ2) is 2.30. The van der Waals surface area contributed by atoms with Gasteiger partial charge in [-0.05, 0) is 16.6 Å². The summed E-state index contributed by atoms with van der Waals surface area (Å²) < 4.78 is 5.98. The molecule has 1 aliphatic rings. The van der Waals surface area contributed by atoms with Gasteiger partial charge in [0.1, 0.15) is 0 Å². The van der Waals surface area contributed by atoms with E-state index < -0.39 is 0 Å². The quantitative estimate of drug-likeness (QED) is 0.544. The second-order valence-corrected chi connectivity index (χ2v) is 2.88. The highest BCUT2D eigenvalue weighted by atomic mass is 127. The van der Waals surface area contributed by atoms with Gasteiger partial charge < -0.3 is 0 Å². The van der Waals surface area contributed by atoms with Gasteiger partial charge in [-0.2, -0.15) is 5.10 Å². The van der Waals surface area contributed by atoms with Crippen LogP contribution in [0.2, 0.25) is 0 Å².